The highest BCUT2D eigenvalue weighted by atomic mass is 16.2. The molecule has 1 rings (SSSR count). The number of hydrogen-bond acceptors (Lipinski definition) is 2. The van der Waals surface area contributed by atoms with E-state index in [9.17, 15) is 9.59 Å². The maximum absolute atomic E-state index is 11.3. The molecule has 0 N–H and O–H groups in total. The van der Waals surface area contributed by atoms with E-state index in [2.05, 4.69) is 0 Å². The molecule has 0 radical (unpaired) electrons. The van der Waals surface area contributed by atoms with E-state index in [-0.39, 0.29) is 11.2 Å². The van der Waals surface area contributed by atoms with Crippen LogP contribution in [-0.4, -0.2) is 9.13 Å². The second kappa shape index (κ2) is 3.38. The Morgan fingerprint density at radius 2 is 2.08 bits per heavy atom. The zero-order valence-corrected chi connectivity index (χ0v) is 7.28. The van der Waals surface area contributed by atoms with Crippen molar-refractivity contribution in [2.45, 2.75) is 19.9 Å². The van der Waals surface area contributed by atoms with Gasteiger partial charge in [0.15, 0.2) is 0 Å². The van der Waals surface area contributed by atoms with Crippen LogP contribution in [0, 0.1) is 0 Å². The highest BCUT2D eigenvalue weighted by Gasteiger charge is 1.99. The summed E-state index contributed by atoms with van der Waals surface area (Å²) in [4.78, 5) is 22.4. The first kappa shape index (κ1) is 8.77. The van der Waals surface area contributed by atoms with Gasteiger partial charge in [-0.15, -0.1) is 0 Å². The first-order valence-corrected chi connectivity index (χ1v) is 3.93. The Balaban J connectivity index is 3.34. The Labute approximate surface area is 70.1 Å². The first-order chi connectivity index (χ1) is 5.66. The maximum Gasteiger partial charge on any atom is 0.330 e. The Kier molecular flexibility index (Phi) is 2.47. The van der Waals surface area contributed by atoms with E-state index in [4.69, 9.17) is 0 Å². The van der Waals surface area contributed by atoms with Crippen molar-refractivity contribution < 1.29 is 0 Å². The third-order valence-corrected chi connectivity index (χ3v) is 1.69. The normalized spacial score (nSPS) is 10.2. The standard InChI is InChI=1S/C8H12N2O2/c1-3-5-10-7(11)4-6-9(2)8(10)12/h4,6H,3,5H2,1-2H3. The SMILES string of the molecule is CCCn1c(=O)ccn(C)c1=O. The quantitative estimate of drug-likeness (QED) is 0.621. The Hall–Kier alpha value is -1.32. The van der Waals surface area contributed by atoms with Crippen LogP contribution in [0.3, 0.4) is 0 Å². The van der Waals surface area contributed by atoms with Crippen molar-refractivity contribution in [1.82, 2.24) is 9.13 Å². The minimum Gasteiger partial charge on any atom is -0.303 e. The highest BCUT2D eigenvalue weighted by Crippen LogP contribution is 1.79. The summed E-state index contributed by atoms with van der Waals surface area (Å²) in [5.41, 5.74) is -0.468. The van der Waals surface area contributed by atoms with Crippen molar-refractivity contribution in [2.24, 2.45) is 7.05 Å². The van der Waals surface area contributed by atoms with Crippen LogP contribution in [0.4, 0.5) is 0 Å². The van der Waals surface area contributed by atoms with Crippen molar-refractivity contribution >= 4 is 0 Å². The van der Waals surface area contributed by atoms with E-state index in [1.807, 2.05) is 6.92 Å². The summed E-state index contributed by atoms with van der Waals surface area (Å²) in [7, 11) is 1.63. The molecule has 0 spiro atoms. The molecule has 4 nitrogen and oxygen atoms in total. The topological polar surface area (TPSA) is 44.0 Å². The van der Waals surface area contributed by atoms with Gasteiger partial charge in [-0.3, -0.25) is 9.36 Å². The lowest BCUT2D eigenvalue weighted by molar-refractivity contribution is 0.581. The molecule has 0 amide bonds. The van der Waals surface area contributed by atoms with Crippen molar-refractivity contribution in [3.8, 4) is 0 Å². The summed E-state index contributed by atoms with van der Waals surface area (Å²) in [5, 5.41) is 0. The number of aromatic nitrogens is 2. The molecule has 0 saturated heterocycles. The Morgan fingerprint density at radius 1 is 1.42 bits per heavy atom. The van der Waals surface area contributed by atoms with E-state index in [1.54, 1.807) is 7.05 Å². The smallest absolute Gasteiger partial charge is 0.303 e. The van der Waals surface area contributed by atoms with Gasteiger partial charge < -0.3 is 4.57 Å². The molecule has 12 heavy (non-hydrogen) atoms. The van der Waals surface area contributed by atoms with Gasteiger partial charge >= 0.3 is 5.69 Å². The molecule has 0 aliphatic heterocycles. The lowest BCUT2D eigenvalue weighted by atomic mass is 10.4. The highest BCUT2D eigenvalue weighted by molar-refractivity contribution is 4.84. The van der Waals surface area contributed by atoms with Gasteiger partial charge in [0, 0.05) is 25.9 Å². The van der Waals surface area contributed by atoms with Crippen LogP contribution in [-0.2, 0) is 13.6 Å². The van der Waals surface area contributed by atoms with Gasteiger partial charge in [0.2, 0.25) is 0 Å². The van der Waals surface area contributed by atoms with Crippen molar-refractivity contribution in [1.29, 1.82) is 0 Å². The summed E-state index contributed by atoms with van der Waals surface area (Å²) in [6, 6.07) is 1.40. The van der Waals surface area contributed by atoms with Crippen LogP contribution < -0.4 is 11.2 Å². The van der Waals surface area contributed by atoms with Gasteiger partial charge in [0.1, 0.15) is 0 Å². The second-order valence-electron chi connectivity index (χ2n) is 2.70. The molecule has 0 aliphatic rings. The van der Waals surface area contributed by atoms with E-state index in [1.165, 1.54) is 21.4 Å². The third kappa shape index (κ3) is 1.47. The maximum atomic E-state index is 11.3. The molecule has 0 saturated carbocycles. The van der Waals surface area contributed by atoms with Crippen LogP contribution in [0.1, 0.15) is 13.3 Å². The fourth-order valence-corrected chi connectivity index (χ4v) is 1.04. The molecule has 0 fully saturated rings. The van der Waals surface area contributed by atoms with Crippen LogP contribution in [0.2, 0.25) is 0 Å². The summed E-state index contributed by atoms with van der Waals surface area (Å²) in [6.45, 7) is 2.42. The van der Waals surface area contributed by atoms with Gasteiger partial charge in [-0.25, -0.2) is 4.79 Å². The molecular formula is C8H12N2O2. The molecule has 0 unspecified atom stereocenters. The van der Waals surface area contributed by atoms with E-state index in [0.29, 0.717) is 6.54 Å². The summed E-state index contributed by atoms with van der Waals surface area (Å²) in [5.74, 6) is 0. The van der Waals surface area contributed by atoms with E-state index >= 15 is 0 Å². The largest absolute Gasteiger partial charge is 0.330 e. The van der Waals surface area contributed by atoms with Gasteiger partial charge in [-0.05, 0) is 6.42 Å². The molecular weight excluding hydrogens is 156 g/mol. The fraction of sp³-hybridized carbons (Fsp3) is 0.500. The molecule has 0 aromatic carbocycles. The number of hydrogen-bond donors (Lipinski definition) is 0. The number of nitrogens with zero attached hydrogens (tertiary/aromatic N) is 2. The lowest BCUT2D eigenvalue weighted by Crippen LogP contribution is -2.37. The second-order valence-corrected chi connectivity index (χ2v) is 2.70. The zero-order valence-electron chi connectivity index (χ0n) is 7.28. The number of rotatable bonds is 2. The van der Waals surface area contributed by atoms with Gasteiger partial charge in [0.25, 0.3) is 5.56 Å². The van der Waals surface area contributed by atoms with Gasteiger partial charge in [-0.1, -0.05) is 6.92 Å². The molecule has 4 heteroatoms. The number of aryl methyl sites for hydroxylation is 1. The van der Waals surface area contributed by atoms with Gasteiger partial charge in [0.05, 0.1) is 0 Å². The van der Waals surface area contributed by atoms with Crippen LogP contribution >= 0.6 is 0 Å². The van der Waals surface area contributed by atoms with E-state index < -0.39 is 0 Å². The van der Waals surface area contributed by atoms with Crippen molar-refractivity contribution in [3.63, 3.8) is 0 Å². The monoisotopic (exact) mass is 168 g/mol. The molecule has 0 aliphatic carbocycles. The molecule has 1 heterocycles. The molecule has 1 aromatic rings. The summed E-state index contributed by atoms with van der Waals surface area (Å²) in [6.07, 6.45) is 2.27. The molecule has 0 atom stereocenters. The zero-order chi connectivity index (χ0) is 9.14. The minimum absolute atomic E-state index is 0.222. The summed E-state index contributed by atoms with van der Waals surface area (Å²) >= 11 is 0. The molecule has 0 bridgehead atoms. The average molecular weight is 168 g/mol. The minimum atomic E-state index is -0.246. The Morgan fingerprint density at radius 3 is 2.67 bits per heavy atom. The van der Waals surface area contributed by atoms with Gasteiger partial charge in [-0.2, -0.15) is 0 Å². The first-order valence-electron chi connectivity index (χ1n) is 3.93. The summed E-state index contributed by atoms with van der Waals surface area (Å²) < 4.78 is 2.64. The average Bonchev–Trinajstić information content (AvgIpc) is 2.06. The Bertz CT molecular complexity index is 375. The predicted molar refractivity (Wildman–Crippen MR) is 46.2 cm³/mol. The fourth-order valence-electron chi connectivity index (χ4n) is 1.04. The van der Waals surface area contributed by atoms with Crippen LogP contribution in [0.25, 0.3) is 0 Å². The predicted octanol–water partition coefficient (Wildman–Crippen LogP) is -0.0430. The molecule has 1 aromatic heterocycles. The molecule has 66 valence electrons. The van der Waals surface area contributed by atoms with Crippen LogP contribution in [0.15, 0.2) is 21.9 Å². The van der Waals surface area contributed by atoms with Crippen LogP contribution in [0.5, 0.6) is 0 Å². The lowest BCUT2D eigenvalue weighted by Gasteiger charge is -2.03. The van der Waals surface area contributed by atoms with Crippen molar-refractivity contribution in [2.75, 3.05) is 0 Å². The van der Waals surface area contributed by atoms with Crippen molar-refractivity contribution in [3.05, 3.63) is 33.1 Å². The van der Waals surface area contributed by atoms with E-state index in [0.717, 1.165) is 6.42 Å². The third-order valence-electron chi connectivity index (χ3n) is 1.69.